The van der Waals surface area contributed by atoms with Crippen molar-refractivity contribution in [2.45, 2.75) is 6.10 Å². The van der Waals surface area contributed by atoms with E-state index in [1.165, 1.54) is 5.38 Å². The fourth-order valence-electron chi connectivity index (χ4n) is 0.763. The standard InChI is InChI=1S/C7H9N3O4S/c1-14-7(13)5(11)2-8-6(12)4-3-15-10-9-4/h3,5,11H,2H2,1H3,(H,8,12). The van der Waals surface area contributed by atoms with E-state index in [1.54, 1.807) is 0 Å². The molecule has 1 rings (SSSR count). The van der Waals surface area contributed by atoms with Gasteiger partial charge in [-0.3, -0.25) is 4.79 Å². The molecule has 0 aliphatic heterocycles. The second-order valence-corrected chi connectivity index (χ2v) is 3.15. The van der Waals surface area contributed by atoms with E-state index < -0.39 is 18.0 Å². The molecule has 15 heavy (non-hydrogen) atoms. The Bertz CT molecular complexity index is 340. The molecule has 1 aromatic rings. The van der Waals surface area contributed by atoms with E-state index in [0.717, 1.165) is 18.6 Å². The predicted molar refractivity (Wildman–Crippen MR) is 50.3 cm³/mol. The van der Waals surface area contributed by atoms with Gasteiger partial charge >= 0.3 is 5.97 Å². The maximum Gasteiger partial charge on any atom is 0.336 e. The van der Waals surface area contributed by atoms with Crippen molar-refractivity contribution in [1.29, 1.82) is 0 Å². The molecule has 1 amide bonds. The van der Waals surface area contributed by atoms with Gasteiger partial charge < -0.3 is 15.2 Å². The fraction of sp³-hybridized carbons (Fsp3) is 0.429. The van der Waals surface area contributed by atoms with Crippen molar-refractivity contribution in [3.8, 4) is 0 Å². The van der Waals surface area contributed by atoms with Crippen LogP contribution in [0.3, 0.4) is 0 Å². The smallest absolute Gasteiger partial charge is 0.336 e. The minimum absolute atomic E-state index is 0.150. The van der Waals surface area contributed by atoms with Gasteiger partial charge in [0.15, 0.2) is 11.8 Å². The van der Waals surface area contributed by atoms with E-state index in [0.29, 0.717) is 0 Å². The van der Waals surface area contributed by atoms with Crippen molar-refractivity contribution in [2.75, 3.05) is 13.7 Å². The summed E-state index contributed by atoms with van der Waals surface area (Å²) >= 11 is 1.04. The zero-order valence-electron chi connectivity index (χ0n) is 7.84. The number of aromatic nitrogens is 2. The highest BCUT2D eigenvalue weighted by Gasteiger charge is 2.17. The Morgan fingerprint density at radius 1 is 1.73 bits per heavy atom. The topological polar surface area (TPSA) is 101 Å². The third-order valence-corrected chi connectivity index (χ3v) is 2.03. The molecule has 8 heteroatoms. The monoisotopic (exact) mass is 231 g/mol. The first-order valence-electron chi connectivity index (χ1n) is 3.96. The molecule has 0 saturated heterocycles. The average molecular weight is 231 g/mol. The third-order valence-electron chi connectivity index (χ3n) is 1.52. The number of nitrogens with one attached hydrogen (secondary N) is 1. The first kappa shape index (κ1) is 11.5. The number of aliphatic hydroxyl groups excluding tert-OH is 1. The summed E-state index contributed by atoms with van der Waals surface area (Å²) in [5.74, 6) is -1.29. The summed E-state index contributed by atoms with van der Waals surface area (Å²) in [7, 11) is 1.15. The van der Waals surface area contributed by atoms with Gasteiger partial charge in [0.1, 0.15) is 0 Å². The quantitative estimate of drug-likeness (QED) is 0.631. The lowest BCUT2D eigenvalue weighted by molar-refractivity contribution is -0.149. The lowest BCUT2D eigenvalue weighted by Crippen LogP contribution is -2.37. The Balaban J connectivity index is 2.38. The normalized spacial score (nSPS) is 11.9. The molecular weight excluding hydrogens is 222 g/mol. The first-order valence-corrected chi connectivity index (χ1v) is 4.80. The van der Waals surface area contributed by atoms with E-state index in [2.05, 4.69) is 19.6 Å². The van der Waals surface area contributed by atoms with E-state index in [1.807, 2.05) is 0 Å². The van der Waals surface area contributed by atoms with Crippen molar-refractivity contribution in [3.63, 3.8) is 0 Å². The number of ether oxygens (including phenoxy) is 1. The van der Waals surface area contributed by atoms with Gasteiger partial charge in [-0.2, -0.15) is 0 Å². The molecular formula is C7H9N3O4S. The molecule has 1 atom stereocenters. The molecule has 0 spiro atoms. The summed E-state index contributed by atoms with van der Waals surface area (Å²) < 4.78 is 7.77. The van der Waals surface area contributed by atoms with E-state index in [-0.39, 0.29) is 12.2 Å². The van der Waals surface area contributed by atoms with Crippen LogP contribution in [0, 0.1) is 0 Å². The van der Waals surface area contributed by atoms with Crippen molar-refractivity contribution in [3.05, 3.63) is 11.1 Å². The van der Waals surface area contributed by atoms with Crippen LogP contribution in [0.5, 0.6) is 0 Å². The number of methoxy groups -OCH3 is 1. The highest BCUT2D eigenvalue weighted by Crippen LogP contribution is 1.96. The molecule has 1 heterocycles. The zero-order chi connectivity index (χ0) is 11.3. The number of carbonyl (C=O) groups is 2. The predicted octanol–water partition coefficient (Wildman–Crippen LogP) is -1.20. The maximum atomic E-state index is 11.3. The van der Waals surface area contributed by atoms with E-state index in [4.69, 9.17) is 5.11 Å². The molecule has 0 aliphatic carbocycles. The molecule has 0 bridgehead atoms. The van der Waals surface area contributed by atoms with Crippen LogP contribution in [0.15, 0.2) is 5.38 Å². The van der Waals surface area contributed by atoms with Crippen LogP contribution in [-0.2, 0) is 9.53 Å². The number of hydrogen-bond acceptors (Lipinski definition) is 7. The minimum Gasteiger partial charge on any atom is -0.467 e. The molecule has 0 fully saturated rings. The van der Waals surface area contributed by atoms with Crippen LogP contribution < -0.4 is 5.32 Å². The van der Waals surface area contributed by atoms with Crippen molar-refractivity contribution >= 4 is 23.4 Å². The van der Waals surface area contributed by atoms with Crippen molar-refractivity contribution in [2.24, 2.45) is 0 Å². The molecule has 2 N–H and O–H groups in total. The number of amides is 1. The molecule has 0 radical (unpaired) electrons. The van der Waals surface area contributed by atoms with Gasteiger partial charge in [-0.1, -0.05) is 4.49 Å². The maximum absolute atomic E-state index is 11.3. The van der Waals surface area contributed by atoms with Crippen LogP contribution in [0.1, 0.15) is 10.5 Å². The number of nitrogens with zero attached hydrogens (tertiary/aromatic N) is 2. The Labute approximate surface area is 89.2 Å². The number of rotatable bonds is 4. The summed E-state index contributed by atoms with van der Waals surface area (Å²) in [6, 6.07) is 0. The van der Waals surface area contributed by atoms with Gasteiger partial charge in [0.05, 0.1) is 13.7 Å². The van der Waals surface area contributed by atoms with Crippen molar-refractivity contribution in [1.82, 2.24) is 14.9 Å². The van der Waals surface area contributed by atoms with Crippen LogP contribution in [0.25, 0.3) is 0 Å². The minimum atomic E-state index is -1.37. The number of esters is 1. The molecule has 1 unspecified atom stereocenters. The Kier molecular flexibility index (Phi) is 4.13. The Morgan fingerprint density at radius 2 is 2.47 bits per heavy atom. The number of aliphatic hydroxyl groups is 1. The fourth-order valence-corrected chi connectivity index (χ4v) is 1.20. The second kappa shape index (κ2) is 5.37. The Morgan fingerprint density at radius 3 is 3.00 bits per heavy atom. The van der Waals surface area contributed by atoms with Crippen LogP contribution in [-0.4, -0.2) is 46.3 Å². The van der Waals surface area contributed by atoms with Gasteiger partial charge in [-0.25, -0.2) is 4.79 Å². The molecule has 82 valence electrons. The van der Waals surface area contributed by atoms with Crippen LogP contribution in [0.2, 0.25) is 0 Å². The largest absolute Gasteiger partial charge is 0.467 e. The molecule has 0 aromatic carbocycles. The highest BCUT2D eigenvalue weighted by molar-refractivity contribution is 7.03. The first-order chi connectivity index (χ1) is 7.15. The molecule has 1 aromatic heterocycles. The second-order valence-electron chi connectivity index (χ2n) is 2.54. The summed E-state index contributed by atoms with van der Waals surface area (Å²) in [5.41, 5.74) is 0.150. The summed E-state index contributed by atoms with van der Waals surface area (Å²) in [4.78, 5) is 22.0. The van der Waals surface area contributed by atoms with Gasteiger partial charge in [0, 0.05) is 5.38 Å². The van der Waals surface area contributed by atoms with Crippen LogP contribution >= 0.6 is 11.5 Å². The lowest BCUT2D eigenvalue weighted by Gasteiger charge is -2.08. The van der Waals surface area contributed by atoms with Crippen molar-refractivity contribution < 1.29 is 19.4 Å². The third kappa shape index (κ3) is 3.26. The lowest BCUT2D eigenvalue weighted by atomic mass is 10.3. The Hall–Kier alpha value is -1.54. The number of carbonyl (C=O) groups excluding carboxylic acids is 2. The zero-order valence-corrected chi connectivity index (χ0v) is 8.65. The molecule has 0 saturated carbocycles. The van der Waals surface area contributed by atoms with Gasteiger partial charge in [-0.15, -0.1) is 5.10 Å². The SMILES string of the molecule is COC(=O)C(O)CNC(=O)c1csnn1. The highest BCUT2D eigenvalue weighted by atomic mass is 32.1. The average Bonchev–Trinajstić information content (AvgIpc) is 2.77. The van der Waals surface area contributed by atoms with E-state index in [9.17, 15) is 9.59 Å². The molecule has 7 nitrogen and oxygen atoms in total. The van der Waals surface area contributed by atoms with Gasteiger partial charge in [0.2, 0.25) is 0 Å². The van der Waals surface area contributed by atoms with Gasteiger partial charge in [-0.05, 0) is 11.5 Å². The van der Waals surface area contributed by atoms with Crippen LogP contribution in [0.4, 0.5) is 0 Å². The van der Waals surface area contributed by atoms with E-state index >= 15 is 0 Å². The molecule has 0 aliphatic rings. The summed E-state index contributed by atoms with van der Waals surface area (Å²) in [5, 5.41) is 16.4. The van der Waals surface area contributed by atoms with Gasteiger partial charge in [0.25, 0.3) is 5.91 Å². The number of hydrogen-bond donors (Lipinski definition) is 2. The summed E-state index contributed by atoms with van der Waals surface area (Å²) in [6.45, 7) is -0.219. The summed E-state index contributed by atoms with van der Waals surface area (Å²) in [6.07, 6.45) is -1.37.